The van der Waals surface area contributed by atoms with Crippen molar-refractivity contribution < 1.29 is 13.9 Å². The highest BCUT2D eigenvalue weighted by molar-refractivity contribution is 9.11. The standard InChI is InChI=1S/C15H13Br2NO3/c1-2-20-15(19)13-12(8-3-4-8)18-14(21-13)10-6-5-9(16)7-11(10)17/h5-8H,2-4H2,1H3. The van der Waals surface area contributed by atoms with Gasteiger partial charge in [-0.25, -0.2) is 9.78 Å². The summed E-state index contributed by atoms with van der Waals surface area (Å²) in [6.07, 6.45) is 2.08. The lowest BCUT2D eigenvalue weighted by atomic mass is 10.2. The second-order valence-electron chi connectivity index (χ2n) is 4.85. The lowest BCUT2D eigenvalue weighted by molar-refractivity contribution is 0.0489. The average molecular weight is 415 g/mol. The van der Waals surface area contributed by atoms with Crippen LogP contribution in [0.4, 0.5) is 0 Å². The van der Waals surface area contributed by atoms with Crippen molar-refractivity contribution in [1.29, 1.82) is 0 Å². The molecule has 3 rings (SSSR count). The normalized spacial score (nSPS) is 14.2. The van der Waals surface area contributed by atoms with Gasteiger partial charge in [-0.2, -0.15) is 0 Å². The predicted octanol–water partition coefficient (Wildman–Crippen LogP) is 4.92. The van der Waals surface area contributed by atoms with E-state index in [0.717, 1.165) is 33.0 Å². The highest BCUT2D eigenvalue weighted by atomic mass is 79.9. The van der Waals surface area contributed by atoms with Crippen molar-refractivity contribution >= 4 is 37.8 Å². The number of hydrogen-bond donors (Lipinski definition) is 0. The summed E-state index contributed by atoms with van der Waals surface area (Å²) in [4.78, 5) is 16.5. The minimum atomic E-state index is -0.439. The Morgan fingerprint density at radius 3 is 2.81 bits per heavy atom. The first-order valence-corrected chi connectivity index (χ1v) is 8.32. The summed E-state index contributed by atoms with van der Waals surface area (Å²) in [5.41, 5.74) is 1.54. The molecule has 0 aliphatic heterocycles. The Balaban J connectivity index is 2.03. The van der Waals surface area contributed by atoms with E-state index in [-0.39, 0.29) is 5.76 Å². The number of hydrogen-bond acceptors (Lipinski definition) is 4. The van der Waals surface area contributed by atoms with E-state index >= 15 is 0 Å². The molecule has 0 N–H and O–H groups in total. The number of halogens is 2. The van der Waals surface area contributed by atoms with Crippen LogP contribution in [0.15, 0.2) is 31.6 Å². The predicted molar refractivity (Wildman–Crippen MR) is 85.3 cm³/mol. The lowest BCUT2D eigenvalue weighted by Crippen LogP contribution is -2.05. The van der Waals surface area contributed by atoms with Gasteiger partial charge in [0.2, 0.25) is 11.7 Å². The van der Waals surface area contributed by atoms with E-state index in [1.165, 1.54) is 0 Å². The number of rotatable bonds is 4. The molecule has 0 amide bonds. The number of esters is 1. The first kappa shape index (κ1) is 14.8. The zero-order valence-corrected chi connectivity index (χ0v) is 14.5. The second-order valence-corrected chi connectivity index (χ2v) is 6.62. The summed E-state index contributed by atoms with van der Waals surface area (Å²) < 4.78 is 12.6. The first-order valence-electron chi connectivity index (χ1n) is 6.73. The smallest absolute Gasteiger partial charge is 0.376 e. The maximum atomic E-state index is 12.0. The molecule has 4 nitrogen and oxygen atoms in total. The minimum Gasteiger partial charge on any atom is -0.460 e. The highest BCUT2D eigenvalue weighted by Gasteiger charge is 2.34. The fourth-order valence-electron chi connectivity index (χ4n) is 2.09. The van der Waals surface area contributed by atoms with E-state index in [2.05, 4.69) is 36.8 Å². The van der Waals surface area contributed by atoms with E-state index in [4.69, 9.17) is 9.15 Å². The van der Waals surface area contributed by atoms with Gasteiger partial charge in [0.05, 0.1) is 17.9 Å². The van der Waals surface area contributed by atoms with E-state index in [1.54, 1.807) is 6.92 Å². The molecular formula is C15H13Br2NO3. The third kappa shape index (κ3) is 3.06. The van der Waals surface area contributed by atoms with E-state index in [0.29, 0.717) is 18.4 Å². The van der Waals surface area contributed by atoms with Crippen LogP contribution in [0.2, 0.25) is 0 Å². The number of carbonyl (C=O) groups excluding carboxylic acids is 1. The van der Waals surface area contributed by atoms with E-state index < -0.39 is 5.97 Å². The Hall–Kier alpha value is -1.14. The van der Waals surface area contributed by atoms with Crippen LogP contribution >= 0.6 is 31.9 Å². The largest absolute Gasteiger partial charge is 0.460 e. The van der Waals surface area contributed by atoms with Crippen LogP contribution in [0.1, 0.15) is 41.9 Å². The molecule has 21 heavy (non-hydrogen) atoms. The molecule has 1 saturated carbocycles. The molecule has 1 aliphatic carbocycles. The van der Waals surface area contributed by atoms with Crippen molar-refractivity contribution in [3.05, 3.63) is 38.6 Å². The Morgan fingerprint density at radius 1 is 1.43 bits per heavy atom. The fourth-order valence-corrected chi connectivity index (χ4v) is 3.30. The van der Waals surface area contributed by atoms with Gasteiger partial charge in [-0.05, 0) is 53.9 Å². The van der Waals surface area contributed by atoms with Crippen molar-refractivity contribution in [3.8, 4) is 11.5 Å². The summed E-state index contributed by atoms with van der Waals surface area (Å²) in [7, 11) is 0. The molecule has 0 saturated heterocycles. The lowest BCUT2D eigenvalue weighted by Gasteiger charge is -2.00. The summed E-state index contributed by atoms with van der Waals surface area (Å²) in [5, 5.41) is 0. The van der Waals surface area contributed by atoms with Gasteiger partial charge in [-0.1, -0.05) is 15.9 Å². The molecule has 1 aliphatic rings. The van der Waals surface area contributed by atoms with Crippen LogP contribution in [-0.2, 0) is 4.74 Å². The molecule has 0 unspecified atom stereocenters. The molecular weight excluding hydrogens is 402 g/mol. The van der Waals surface area contributed by atoms with Gasteiger partial charge in [-0.3, -0.25) is 0 Å². The molecule has 1 aromatic carbocycles. The van der Waals surface area contributed by atoms with Crippen molar-refractivity contribution in [3.63, 3.8) is 0 Å². The minimum absolute atomic E-state index is 0.240. The summed E-state index contributed by atoms with van der Waals surface area (Å²) >= 11 is 6.90. The van der Waals surface area contributed by atoms with Gasteiger partial charge in [-0.15, -0.1) is 0 Å². The van der Waals surface area contributed by atoms with Crippen molar-refractivity contribution in [1.82, 2.24) is 4.98 Å². The molecule has 6 heteroatoms. The first-order chi connectivity index (χ1) is 10.1. The van der Waals surface area contributed by atoms with Gasteiger partial charge in [0.15, 0.2) is 0 Å². The summed E-state index contributed by atoms with van der Waals surface area (Å²) in [6.45, 7) is 2.10. The molecule has 2 aromatic rings. The molecule has 0 bridgehead atoms. The number of oxazole rings is 1. The van der Waals surface area contributed by atoms with Gasteiger partial charge >= 0.3 is 5.97 Å². The number of benzene rings is 1. The number of nitrogens with zero attached hydrogens (tertiary/aromatic N) is 1. The maximum Gasteiger partial charge on any atom is 0.376 e. The Kier molecular flexibility index (Phi) is 4.17. The van der Waals surface area contributed by atoms with Crippen LogP contribution in [-0.4, -0.2) is 17.6 Å². The number of carbonyl (C=O) groups is 1. The highest BCUT2D eigenvalue weighted by Crippen LogP contribution is 2.43. The third-order valence-corrected chi connectivity index (χ3v) is 4.39. The van der Waals surface area contributed by atoms with Crippen LogP contribution < -0.4 is 0 Å². The van der Waals surface area contributed by atoms with Gasteiger partial charge in [0.25, 0.3) is 0 Å². The van der Waals surface area contributed by atoms with Crippen LogP contribution in [0.5, 0.6) is 0 Å². The third-order valence-electron chi connectivity index (χ3n) is 3.24. The number of ether oxygens (including phenoxy) is 1. The van der Waals surface area contributed by atoms with E-state index in [9.17, 15) is 4.79 Å². The molecule has 0 atom stereocenters. The van der Waals surface area contributed by atoms with Gasteiger partial charge in [0.1, 0.15) is 0 Å². The molecule has 110 valence electrons. The summed E-state index contributed by atoms with van der Waals surface area (Å²) in [5.74, 6) is 0.561. The quantitative estimate of drug-likeness (QED) is 0.666. The average Bonchev–Trinajstić information content (AvgIpc) is 3.19. The van der Waals surface area contributed by atoms with Crippen LogP contribution in [0, 0.1) is 0 Å². The van der Waals surface area contributed by atoms with Crippen molar-refractivity contribution in [2.75, 3.05) is 6.61 Å². The maximum absolute atomic E-state index is 12.0. The van der Waals surface area contributed by atoms with Crippen LogP contribution in [0.25, 0.3) is 11.5 Å². The molecule has 1 aromatic heterocycles. The van der Waals surface area contributed by atoms with E-state index in [1.807, 2.05) is 18.2 Å². The number of aromatic nitrogens is 1. The zero-order valence-electron chi connectivity index (χ0n) is 11.4. The monoisotopic (exact) mass is 413 g/mol. The Bertz CT molecular complexity index is 692. The molecule has 1 heterocycles. The van der Waals surface area contributed by atoms with Gasteiger partial charge < -0.3 is 9.15 Å². The summed E-state index contributed by atoms with van der Waals surface area (Å²) in [6, 6.07) is 5.72. The Morgan fingerprint density at radius 2 is 2.19 bits per heavy atom. The molecule has 0 spiro atoms. The SMILES string of the molecule is CCOC(=O)c1oc(-c2ccc(Br)cc2Br)nc1C1CC1. The second kappa shape index (κ2) is 5.93. The van der Waals surface area contributed by atoms with Crippen molar-refractivity contribution in [2.24, 2.45) is 0 Å². The molecule has 1 fully saturated rings. The van der Waals surface area contributed by atoms with Gasteiger partial charge in [0, 0.05) is 14.9 Å². The topological polar surface area (TPSA) is 52.3 Å². The Labute approximate surface area is 139 Å². The van der Waals surface area contributed by atoms with Crippen molar-refractivity contribution in [2.45, 2.75) is 25.7 Å². The molecule has 0 radical (unpaired) electrons. The zero-order chi connectivity index (χ0) is 15.0. The fraction of sp³-hybridized carbons (Fsp3) is 0.333. The van der Waals surface area contributed by atoms with Crippen LogP contribution in [0.3, 0.4) is 0 Å².